The molecule has 0 bridgehead atoms. The van der Waals surface area contributed by atoms with E-state index in [0.29, 0.717) is 27.8 Å². The number of aromatic nitrogens is 3. The van der Waals surface area contributed by atoms with Gasteiger partial charge < -0.3 is 11.1 Å². The number of rotatable bonds is 6. The van der Waals surface area contributed by atoms with E-state index < -0.39 is 16.7 Å². The standard InChI is InChI=1S/C18H21N5O2S/c1-4-26(25)15-9-17(21-13-6-11(2)5-12(3)7-13)22-23-14(8-16(19)24)10-20-18(15)23/h5-7,9-10H,4,8H2,1-3H3,(H2,19,24)(H,21,22). The zero-order valence-electron chi connectivity index (χ0n) is 14.9. The molecule has 1 unspecified atom stereocenters. The number of anilines is 2. The van der Waals surface area contributed by atoms with Crippen LogP contribution in [0.1, 0.15) is 23.7 Å². The molecule has 0 fully saturated rings. The fraction of sp³-hybridized carbons (Fsp3) is 0.278. The maximum absolute atomic E-state index is 12.5. The third-order valence-electron chi connectivity index (χ3n) is 3.86. The van der Waals surface area contributed by atoms with Crippen molar-refractivity contribution in [3.63, 3.8) is 0 Å². The minimum Gasteiger partial charge on any atom is -0.369 e. The van der Waals surface area contributed by atoms with Crippen LogP contribution in [0.25, 0.3) is 5.65 Å². The fourth-order valence-corrected chi connectivity index (χ4v) is 3.76. The highest BCUT2D eigenvalue weighted by Crippen LogP contribution is 2.23. The maximum Gasteiger partial charge on any atom is 0.223 e. The summed E-state index contributed by atoms with van der Waals surface area (Å²) < 4.78 is 14.0. The number of imidazole rings is 1. The molecule has 0 saturated heterocycles. The average Bonchev–Trinajstić information content (AvgIpc) is 2.94. The Hall–Kier alpha value is -2.74. The number of amides is 1. The van der Waals surface area contributed by atoms with Gasteiger partial charge in [-0.15, -0.1) is 5.10 Å². The van der Waals surface area contributed by atoms with Gasteiger partial charge in [0, 0.05) is 17.5 Å². The molecule has 3 N–H and O–H groups in total. The van der Waals surface area contributed by atoms with Gasteiger partial charge in [-0.25, -0.2) is 9.50 Å². The molecular weight excluding hydrogens is 350 g/mol. The number of nitrogens with two attached hydrogens (primary N) is 1. The van der Waals surface area contributed by atoms with Crippen LogP contribution < -0.4 is 11.1 Å². The number of benzene rings is 1. The van der Waals surface area contributed by atoms with Gasteiger partial charge in [-0.1, -0.05) is 13.0 Å². The highest BCUT2D eigenvalue weighted by molar-refractivity contribution is 7.85. The van der Waals surface area contributed by atoms with Crippen LogP contribution in [-0.4, -0.2) is 30.5 Å². The molecule has 2 aromatic heterocycles. The highest BCUT2D eigenvalue weighted by Gasteiger charge is 2.16. The molecule has 1 amide bonds. The summed E-state index contributed by atoms with van der Waals surface area (Å²) in [6.45, 7) is 5.89. The normalized spacial score (nSPS) is 12.3. The summed E-state index contributed by atoms with van der Waals surface area (Å²) in [5.74, 6) is 0.517. The van der Waals surface area contributed by atoms with Crippen molar-refractivity contribution in [3.05, 3.63) is 47.3 Å². The molecule has 1 atom stereocenters. The molecule has 0 aliphatic rings. The molecule has 3 aromatic rings. The minimum absolute atomic E-state index is 0.0133. The average molecular weight is 371 g/mol. The van der Waals surface area contributed by atoms with Gasteiger partial charge in [-0.05, 0) is 37.1 Å². The lowest BCUT2D eigenvalue weighted by molar-refractivity contribution is -0.117. The Kier molecular flexibility index (Phi) is 5.03. The molecule has 8 heteroatoms. The van der Waals surface area contributed by atoms with E-state index in [9.17, 15) is 9.00 Å². The van der Waals surface area contributed by atoms with Crippen molar-refractivity contribution >= 4 is 33.9 Å². The zero-order valence-corrected chi connectivity index (χ0v) is 15.8. The van der Waals surface area contributed by atoms with Crippen molar-refractivity contribution in [1.82, 2.24) is 14.6 Å². The first-order valence-corrected chi connectivity index (χ1v) is 9.59. The molecule has 0 spiro atoms. The smallest absolute Gasteiger partial charge is 0.223 e. The summed E-state index contributed by atoms with van der Waals surface area (Å²) in [6, 6.07) is 7.84. The van der Waals surface area contributed by atoms with Crippen LogP contribution >= 0.6 is 0 Å². The highest BCUT2D eigenvalue weighted by atomic mass is 32.2. The summed E-state index contributed by atoms with van der Waals surface area (Å²) in [4.78, 5) is 16.2. The van der Waals surface area contributed by atoms with Crippen molar-refractivity contribution in [2.45, 2.75) is 32.1 Å². The molecule has 7 nitrogen and oxygen atoms in total. The van der Waals surface area contributed by atoms with Gasteiger partial charge in [0.25, 0.3) is 0 Å². The van der Waals surface area contributed by atoms with Crippen LogP contribution in [0.5, 0.6) is 0 Å². The third kappa shape index (κ3) is 3.75. The predicted octanol–water partition coefficient (Wildman–Crippen LogP) is 2.25. The Balaban J connectivity index is 2.12. The Bertz CT molecular complexity index is 992. The minimum atomic E-state index is -1.22. The van der Waals surface area contributed by atoms with Gasteiger partial charge in [-0.2, -0.15) is 0 Å². The fourth-order valence-electron chi connectivity index (χ4n) is 2.86. The summed E-state index contributed by atoms with van der Waals surface area (Å²) in [6.07, 6.45) is 1.56. The molecule has 0 aliphatic carbocycles. The number of hydrogen-bond acceptors (Lipinski definition) is 5. The number of carbonyl (C=O) groups excluding carboxylic acids is 1. The van der Waals surface area contributed by atoms with Gasteiger partial charge in [0.2, 0.25) is 5.91 Å². The lowest BCUT2D eigenvalue weighted by Gasteiger charge is -2.11. The van der Waals surface area contributed by atoms with E-state index in [1.165, 1.54) is 0 Å². The molecule has 3 rings (SSSR count). The van der Waals surface area contributed by atoms with E-state index in [1.807, 2.05) is 32.9 Å². The van der Waals surface area contributed by atoms with Crippen molar-refractivity contribution < 1.29 is 9.00 Å². The first-order valence-electron chi connectivity index (χ1n) is 8.27. The summed E-state index contributed by atoms with van der Waals surface area (Å²) >= 11 is 0. The van der Waals surface area contributed by atoms with Crippen LogP contribution in [-0.2, 0) is 22.0 Å². The lowest BCUT2D eigenvalue weighted by atomic mass is 10.1. The SMILES string of the molecule is CCS(=O)c1cc(Nc2cc(C)cc(C)c2)nn2c(CC(N)=O)cnc12. The predicted molar refractivity (Wildman–Crippen MR) is 102 cm³/mol. The second-order valence-electron chi connectivity index (χ2n) is 6.16. The van der Waals surface area contributed by atoms with Gasteiger partial charge >= 0.3 is 0 Å². The van der Waals surface area contributed by atoms with Crippen LogP contribution in [0.3, 0.4) is 0 Å². The maximum atomic E-state index is 12.5. The molecule has 2 heterocycles. The second-order valence-corrected chi connectivity index (χ2v) is 7.87. The van der Waals surface area contributed by atoms with E-state index in [-0.39, 0.29) is 6.42 Å². The Morgan fingerprint density at radius 3 is 2.54 bits per heavy atom. The van der Waals surface area contributed by atoms with E-state index >= 15 is 0 Å². The summed E-state index contributed by atoms with van der Waals surface area (Å²) in [7, 11) is -1.22. The number of fused-ring (bicyclic) bond motifs is 1. The first kappa shape index (κ1) is 18.1. The van der Waals surface area contributed by atoms with E-state index in [0.717, 1.165) is 16.8 Å². The number of carbonyl (C=O) groups is 1. The number of hydrogen-bond donors (Lipinski definition) is 2. The van der Waals surface area contributed by atoms with Gasteiger partial charge in [-0.3, -0.25) is 9.00 Å². The molecular formula is C18H21N5O2S. The molecule has 0 aliphatic heterocycles. The van der Waals surface area contributed by atoms with E-state index in [2.05, 4.69) is 21.5 Å². The van der Waals surface area contributed by atoms with Crippen molar-refractivity contribution in [2.75, 3.05) is 11.1 Å². The quantitative estimate of drug-likeness (QED) is 0.692. The number of nitrogens with one attached hydrogen (secondary N) is 1. The van der Waals surface area contributed by atoms with Crippen LogP contribution in [0.2, 0.25) is 0 Å². The molecule has 136 valence electrons. The van der Waals surface area contributed by atoms with Crippen molar-refractivity contribution in [2.24, 2.45) is 5.73 Å². The Morgan fingerprint density at radius 2 is 1.92 bits per heavy atom. The summed E-state index contributed by atoms with van der Waals surface area (Å²) in [5, 5.41) is 7.78. The monoisotopic (exact) mass is 371 g/mol. The van der Waals surface area contributed by atoms with Crippen LogP contribution in [0.4, 0.5) is 11.5 Å². The van der Waals surface area contributed by atoms with E-state index in [1.54, 1.807) is 16.8 Å². The number of nitrogens with zero attached hydrogens (tertiary/aromatic N) is 3. The molecule has 1 aromatic carbocycles. The first-order chi connectivity index (χ1) is 12.4. The van der Waals surface area contributed by atoms with Crippen molar-refractivity contribution in [3.8, 4) is 0 Å². The number of aryl methyl sites for hydroxylation is 2. The van der Waals surface area contributed by atoms with Gasteiger partial charge in [0.05, 0.1) is 34.0 Å². The number of primary amides is 1. The van der Waals surface area contributed by atoms with Crippen LogP contribution in [0.15, 0.2) is 35.4 Å². The van der Waals surface area contributed by atoms with Gasteiger partial charge in [0.15, 0.2) is 11.5 Å². The second kappa shape index (κ2) is 7.25. The lowest BCUT2D eigenvalue weighted by Crippen LogP contribution is -2.16. The third-order valence-corrected chi connectivity index (χ3v) is 5.18. The van der Waals surface area contributed by atoms with Crippen molar-refractivity contribution in [1.29, 1.82) is 0 Å². The van der Waals surface area contributed by atoms with Gasteiger partial charge in [0.1, 0.15) is 0 Å². The zero-order chi connectivity index (χ0) is 18.8. The van der Waals surface area contributed by atoms with E-state index in [4.69, 9.17) is 5.73 Å². The molecule has 26 heavy (non-hydrogen) atoms. The molecule has 0 radical (unpaired) electrons. The largest absolute Gasteiger partial charge is 0.369 e. The Morgan fingerprint density at radius 1 is 1.23 bits per heavy atom. The van der Waals surface area contributed by atoms with Crippen LogP contribution in [0, 0.1) is 13.8 Å². The summed E-state index contributed by atoms with van der Waals surface area (Å²) in [5.41, 5.74) is 9.49. The Labute approximate surface area is 154 Å². The molecule has 0 saturated carbocycles. The topological polar surface area (TPSA) is 102 Å².